The minimum absolute atomic E-state index is 0.168. The first-order valence-electron chi connectivity index (χ1n) is 5.71. The molecule has 2 aromatic rings. The zero-order chi connectivity index (χ0) is 11.0. The number of carbonyl (C=O) groups is 1. The third-order valence-electron chi connectivity index (χ3n) is 3.30. The minimum atomic E-state index is 0.168. The number of hydrogen-bond acceptors (Lipinski definition) is 1. The van der Waals surface area contributed by atoms with Crippen LogP contribution in [0.4, 0.5) is 5.69 Å². The second-order valence-electron chi connectivity index (χ2n) is 4.40. The first kappa shape index (κ1) is 9.46. The molecule has 16 heavy (non-hydrogen) atoms. The Morgan fingerprint density at radius 2 is 2.19 bits per heavy atom. The van der Waals surface area contributed by atoms with Gasteiger partial charge in [0.15, 0.2) is 0 Å². The van der Waals surface area contributed by atoms with Crippen LogP contribution in [0.2, 0.25) is 0 Å². The molecule has 82 valence electrons. The van der Waals surface area contributed by atoms with Crippen molar-refractivity contribution in [1.29, 1.82) is 0 Å². The first-order chi connectivity index (χ1) is 7.83. The van der Waals surface area contributed by atoms with E-state index in [9.17, 15) is 4.79 Å². The summed E-state index contributed by atoms with van der Waals surface area (Å²) < 4.78 is 0. The fourth-order valence-corrected chi connectivity index (χ4v) is 2.05. The van der Waals surface area contributed by atoms with Crippen molar-refractivity contribution >= 4 is 22.5 Å². The van der Waals surface area contributed by atoms with Gasteiger partial charge in [0.25, 0.3) is 0 Å². The molecule has 0 saturated heterocycles. The Morgan fingerprint density at radius 1 is 1.31 bits per heavy atom. The number of carbonyl (C=O) groups excluding carboxylic acids is 1. The number of hydrogen-bond donors (Lipinski definition) is 2. The molecule has 0 bridgehead atoms. The van der Waals surface area contributed by atoms with Crippen LogP contribution in [0.1, 0.15) is 19.3 Å². The van der Waals surface area contributed by atoms with Crippen molar-refractivity contribution in [2.45, 2.75) is 19.3 Å². The monoisotopic (exact) mass is 214 g/mol. The fourth-order valence-electron chi connectivity index (χ4n) is 2.05. The second kappa shape index (κ2) is 3.67. The number of rotatable bonds is 2. The summed E-state index contributed by atoms with van der Waals surface area (Å²) in [6, 6.07) is 7.94. The minimum Gasteiger partial charge on any atom is -0.361 e. The third-order valence-corrected chi connectivity index (χ3v) is 3.30. The highest BCUT2D eigenvalue weighted by atomic mass is 16.1. The molecule has 3 rings (SSSR count). The van der Waals surface area contributed by atoms with Crippen LogP contribution in [0.3, 0.4) is 0 Å². The average molecular weight is 214 g/mol. The maximum Gasteiger partial charge on any atom is 0.227 e. The van der Waals surface area contributed by atoms with Gasteiger partial charge in [0.05, 0.1) is 0 Å². The SMILES string of the molecule is O=C(Nc1ccc2[nH]ccc2c1)C1CCC1. The van der Waals surface area contributed by atoms with E-state index < -0.39 is 0 Å². The molecule has 0 spiro atoms. The van der Waals surface area contributed by atoms with Gasteiger partial charge in [0, 0.05) is 28.7 Å². The smallest absolute Gasteiger partial charge is 0.227 e. The van der Waals surface area contributed by atoms with Gasteiger partial charge >= 0.3 is 0 Å². The predicted octanol–water partition coefficient (Wildman–Crippen LogP) is 2.91. The highest BCUT2D eigenvalue weighted by molar-refractivity contribution is 5.95. The molecule has 1 fully saturated rings. The number of amides is 1. The van der Waals surface area contributed by atoms with E-state index in [-0.39, 0.29) is 11.8 Å². The van der Waals surface area contributed by atoms with Gasteiger partial charge in [-0.15, -0.1) is 0 Å². The Labute approximate surface area is 93.9 Å². The quantitative estimate of drug-likeness (QED) is 0.793. The summed E-state index contributed by atoms with van der Waals surface area (Å²) in [6.45, 7) is 0. The summed E-state index contributed by atoms with van der Waals surface area (Å²) >= 11 is 0. The van der Waals surface area contributed by atoms with E-state index in [2.05, 4.69) is 10.3 Å². The number of benzene rings is 1. The molecular weight excluding hydrogens is 200 g/mol. The van der Waals surface area contributed by atoms with Crippen LogP contribution >= 0.6 is 0 Å². The van der Waals surface area contributed by atoms with Crippen molar-refractivity contribution in [2.75, 3.05) is 5.32 Å². The highest BCUT2D eigenvalue weighted by Gasteiger charge is 2.25. The van der Waals surface area contributed by atoms with E-state index in [4.69, 9.17) is 0 Å². The number of nitrogens with one attached hydrogen (secondary N) is 2. The first-order valence-corrected chi connectivity index (χ1v) is 5.71. The maximum absolute atomic E-state index is 11.8. The van der Waals surface area contributed by atoms with E-state index in [1.165, 1.54) is 6.42 Å². The van der Waals surface area contributed by atoms with Gasteiger partial charge in [0.1, 0.15) is 0 Å². The van der Waals surface area contributed by atoms with Crippen molar-refractivity contribution in [3.8, 4) is 0 Å². The number of aromatic nitrogens is 1. The van der Waals surface area contributed by atoms with Gasteiger partial charge in [-0.2, -0.15) is 0 Å². The number of H-pyrrole nitrogens is 1. The average Bonchev–Trinajstić information content (AvgIpc) is 2.61. The lowest BCUT2D eigenvalue weighted by molar-refractivity contribution is -0.122. The Balaban J connectivity index is 1.80. The summed E-state index contributed by atoms with van der Waals surface area (Å²) in [5, 5.41) is 4.10. The molecule has 3 nitrogen and oxygen atoms in total. The van der Waals surface area contributed by atoms with Crippen LogP contribution in [0.25, 0.3) is 10.9 Å². The van der Waals surface area contributed by atoms with Gasteiger partial charge in [-0.3, -0.25) is 4.79 Å². The molecule has 0 radical (unpaired) electrons. The van der Waals surface area contributed by atoms with Crippen molar-refractivity contribution in [3.05, 3.63) is 30.5 Å². The summed E-state index contributed by atoms with van der Waals surface area (Å²) in [7, 11) is 0. The van der Waals surface area contributed by atoms with E-state index in [1.807, 2.05) is 30.5 Å². The molecule has 0 atom stereocenters. The summed E-state index contributed by atoms with van der Waals surface area (Å²) in [5.74, 6) is 0.406. The molecule has 2 N–H and O–H groups in total. The van der Waals surface area contributed by atoms with Crippen LogP contribution in [-0.2, 0) is 4.79 Å². The van der Waals surface area contributed by atoms with E-state index >= 15 is 0 Å². The molecule has 1 aliphatic rings. The van der Waals surface area contributed by atoms with E-state index in [0.29, 0.717) is 0 Å². The molecule has 1 aromatic carbocycles. The van der Waals surface area contributed by atoms with Crippen molar-refractivity contribution < 1.29 is 4.79 Å². The molecule has 0 aliphatic heterocycles. The molecule has 3 heteroatoms. The van der Waals surface area contributed by atoms with Gasteiger partial charge in [-0.25, -0.2) is 0 Å². The molecular formula is C13H14N2O. The van der Waals surface area contributed by atoms with E-state index in [0.717, 1.165) is 29.4 Å². The van der Waals surface area contributed by atoms with Crippen molar-refractivity contribution in [2.24, 2.45) is 5.92 Å². The number of anilines is 1. The summed E-state index contributed by atoms with van der Waals surface area (Å²) in [6.07, 6.45) is 5.17. The molecule has 1 aliphatic carbocycles. The van der Waals surface area contributed by atoms with Crippen LogP contribution in [-0.4, -0.2) is 10.9 Å². The third kappa shape index (κ3) is 1.58. The highest BCUT2D eigenvalue weighted by Crippen LogP contribution is 2.28. The summed E-state index contributed by atoms with van der Waals surface area (Å²) in [5.41, 5.74) is 1.99. The van der Waals surface area contributed by atoms with Gasteiger partial charge in [0.2, 0.25) is 5.91 Å². The summed E-state index contributed by atoms with van der Waals surface area (Å²) in [4.78, 5) is 14.9. The van der Waals surface area contributed by atoms with Crippen molar-refractivity contribution in [1.82, 2.24) is 4.98 Å². The predicted molar refractivity (Wildman–Crippen MR) is 64.3 cm³/mol. The molecule has 1 aromatic heterocycles. The van der Waals surface area contributed by atoms with Crippen LogP contribution < -0.4 is 5.32 Å². The number of aromatic amines is 1. The Hall–Kier alpha value is -1.77. The van der Waals surface area contributed by atoms with Crippen molar-refractivity contribution in [3.63, 3.8) is 0 Å². The lowest BCUT2D eigenvalue weighted by Gasteiger charge is -2.24. The standard InChI is InChI=1S/C13H14N2O/c16-13(9-2-1-3-9)15-11-4-5-12-10(8-11)6-7-14-12/h4-9,14H,1-3H2,(H,15,16). The molecule has 1 heterocycles. The van der Waals surface area contributed by atoms with Crippen LogP contribution in [0.15, 0.2) is 30.5 Å². The van der Waals surface area contributed by atoms with Crippen LogP contribution in [0.5, 0.6) is 0 Å². The fraction of sp³-hybridized carbons (Fsp3) is 0.308. The van der Waals surface area contributed by atoms with E-state index in [1.54, 1.807) is 0 Å². The second-order valence-corrected chi connectivity index (χ2v) is 4.40. The van der Waals surface area contributed by atoms with Gasteiger partial charge in [-0.1, -0.05) is 6.42 Å². The molecule has 1 amide bonds. The zero-order valence-electron chi connectivity index (χ0n) is 8.99. The molecule has 1 saturated carbocycles. The molecule has 0 unspecified atom stereocenters. The Bertz CT molecular complexity index is 525. The topological polar surface area (TPSA) is 44.9 Å². The normalized spacial score (nSPS) is 16.0. The maximum atomic E-state index is 11.8. The lowest BCUT2D eigenvalue weighted by atomic mass is 9.85. The van der Waals surface area contributed by atoms with Gasteiger partial charge < -0.3 is 10.3 Å². The zero-order valence-corrected chi connectivity index (χ0v) is 8.99. The number of fused-ring (bicyclic) bond motifs is 1. The Morgan fingerprint density at radius 3 is 2.94 bits per heavy atom. The lowest BCUT2D eigenvalue weighted by Crippen LogP contribution is -2.27. The Kier molecular flexibility index (Phi) is 2.17. The van der Waals surface area contributed by atoms with Crippen LogP contribution in [0, 0.1) is 5.92 Å². The van der Waals surface area contributed by atoms with Gasteiger partial charge in [-0.05, 0) is 37.1 Å². The largest absolute Gasteiger partial charge is 0.361 e.